The number of aliphatic carboxylic acids is 1. The van der Waals surface area contributed by atoms with Crippen LogP contribution in [0.4, 0.5) is 0 Å². The van der Waals surface area contributed by atoms with Crippen molar-refractivity contribution >= 4 is 17.8 Å². The van der Waals surface area contributed by atoms with E-state index >= 15 is 0 Å². The highest BCUT2D eigenvalue weighted by Crippen LogP contribution is 2.45. The van der Waals surface area contributed by atoms with Crippen molar-refractivity contribution in [1.29, 1.82) is 0 Å². The quantitative estimate of drug-likeness (QED) is 0.854. The van der Waals surface area contributed by atoms with Crippen LogP contribution in [0, 0.1) is 10.8 Å². The minimum atomic E-state index is -0.845. The lowest BCUT2D eigenvalue weighted by molar-refractivity contribution is -0.143. The van der Waals surface area contributed by atoms with Gasteiger partial charge < -0.3 is 15.3 Å². The molecule has 1 saturated carbocycles. The van der Waals surface area contributed by atoms with Crippen molar-refractivity contribution in [2.75, 3.05) is 19.6 Å². The van der Waals surface area contributed by atoms with Gasteiger partial charge in [0.1, 0.15) is 0 Å². The molecule has 0 spiro atoms. The van der Waals surface area contributed by atoms with Gasteiger partial charge in [-0.25, -0.2) is 0 Å². The van der Waals surface area contributed by atoms with Crippen molar-refractivity contribution in [1.82, 2.24) is 10.2 Å². The summed E-state index contributed by atoms with van der Waals surface area (Å²) in [5.74, 6) is -1.07. The summed E-state index contributed by atoms with van der Waals surface area (Å²) in [6.45, 7) is 3.01. The monoisotopic (exact) mass is 344 g/mol. The minimum absolute atomic E-state index is 0.0662. The van der Waals surface area contributed by atoms with Gasteiger partial charge in [0.2, 0.25) is 5.91 Å². The van der Waals surface area contributed by atoms with Gasteiger partial charge in [0.05, 0.1) is 10.8 Å². The molecule has 1 heterocycles. The number of benzene rings is 1. The van der Waals surface area contributed by atoms with E-state index < -0.39 is 16.8 Å². The molecule has 1 aromatic carbocycles. The summed E-state index contributed by atoms with van der Waals surface area (Å²) in [6, 6.07) is 9.06. The van der Waals surface area contributed by atoms with Crippen molar-refractivity contribution < 1.29 is 19.5 Å². The lowest BCUT2D eigenvalue weighted by Gasteiger charge is -2.39. The average molecular weight is 344 g/mol. The largest absolute Gasteiger partial charge is 0.481 e. The maximum Gasteiger partial charge on any atom is 0.311 e. The van der Waals surface area contributed by atoms with Crippen LogP contribution in [0.15, 0.2) is 30.3 Å². The third kappa shape index (κ3) is 3.52. The zero-order valence-electron chi connectivity index (χ0n) is 14.5. The first kappa shape index (κ1) is 17.5. The summed E-state index contributed by atoms with van der Waals surface area (Å²) in [5, 5.41) is 12.0. The highest BCUT2D eigenvalue weighted by Gasteiger charge is 2.51. The Kier molecular flexibility index (Phi) is 4.54. The SMILES string of the molecule is CC1(C(=O)NCC2(C(=O)O)CC2)CCCN(C(=O)c2ccccc2)C1. The molecule has 0 radical (unpaired) electrons. The van der Waals surface area contributed by atoms with E-state index in [2.05, 4.69) is 5.32 Å². The van der Waals surface area contributed by atoms with Crippen molar-refractivity contribution in [2.24, 2.45) is 10.8 Å². The second kappa shape index (κ2) is 6.50. The van der Waals surface area contributed by atoms with Gasteiger partial charge in [-0.15, -0.1) is 0 Å². The fourth-order valence-corrected chi connectivity index (χ4v) is 3.44. The van der Waals surface area contributed by atoms with Crippen molar-refractivity contribution in [3.63, 3.8) is 0 Å². The van der Waals surface area contributed by atoms with Crippen LogP contribution < -0.4 is 5.32 Å². The molecule has 6 nitrogen and oxygen atoms in total. The molecular weight excluding hydrogens is 320 g/mol. The number of hydrogen-bond donors (Lipinski definition) is 2. The number of nitrogens with one attached hydrogen (secondary N) is 1. The average Bonchev–Trinajstić information content (AvgIpc) is 3.41. The fourth-order valence-electron chi connectivity index (χ4n) is 3.44. The number of nitrogens with zero attached hydrogens (tertiary/aromatic N) is 1. The number of carbonyl (C=O) groups excluding carboxylic acids is 2. The van der Waals surface area contributed by atoms with Gasteiger partial charge in [-0.2, -0.15) is 0 Å². The maximum atomic E-state index is 12.7. The van der Waals surface area contributed by atoms with E-state index in [0.29, 0.717) is 37.9 Å². The predicted octanol–water partition coefficient (Wildman–Crippen LogP) is 1.91. The van der Waals surface area contributed by atoms with E-state index in [9.17, 15) is 19.5 Å². The van der Waals surface area contributed by atoms with Gasteiger partial charge in [0.15, 0.2) is 0 Å². The first-order valence-corrected chi connectivity index (χ1v) is 8.72. The Balaban J connectivity index is 1.63. The lowest BCUT2D eigenvalue weighted by atomic mass is 9.80. The van der Waals surface area contributed by atoms with E-state index in [1.165, 1.54) is 0 Å². The van der Waals surface area contributed by atoms with Gasteiger partial charge in [0.25, 0.3) is 5.91 Å². The van der Waals surface area contributed by atoms with Gasteiger partial charge in [-0.3, -0.25) is 14.4 Å². The molecule has 1 aromatic rings. The number of carbonyl (C=O) groups is 3. The second-order valence-corrected chi connectivity index (χ2v) is 7.53. The van der Waals surface area contributed by atoms with Crippen molar-refractivity contribution in [3.8, 4) is 0 Å². The standard InChI is InChI=1S/C19H24N2O4/c1-18(16(23)20-12-19(9-10-19)17(24)25)8-5-11-21(13-18)15(22)14-6-3-2-4-7-14/h2-4,6-7H,5,8-13H2,1H3,(H,20,23)(H,24,25). The van der Waals surface area contributed by atoms with Gasteiger partial charge in [0, 0.05) is 25.2 Å². The minimum Gasteiger partial charge on any atom is -0.481 e. The highest BCUT2D eigenvalue weighted by atomic mass is 16.4. The Morgan fingerprint density at radius 2 is 1.84 bits per heavy atom. The van der Waals surface area contributed by atoms with Gasteiger partial charge >= 0.3 is 5.97 Å². The Morgan fingerprint density at radius 3 is 2.44 bits per heavy atom. The predicted molar refractivity (Wildman–Crippen MR) is 92.0 cm³/mol. The molecule has 0 bridgehead atoms. The van der Waals surface area contributed by atoms with E-state index in [1.54, 1.807) is 17.0 Å². The van der Waals surface area contributed by atoms with E-state index in [0.717, 1.165) is 6.42 Å². The van der Waals surface area contributed by atoms with Crippen molar-refractivity contribution in [3.05, 3.63) is 35.9 Å². The van der Waals surface area contributed by atoms with Crippen LogP contribution in [0.1, 0.15) is 43.0 Å². The number of carboxylic acids is 1. The van der Waals surface area contributed by atoms with E-state index in [4.69, 9.17) is 0 Å². The summed E-state index contributed by atoms with van der Waals surface area (Å²) in [5.41, 5.74) is -0.840. The molecule has 1 aliphatic heterocycles. The summed E-state index contributed by atoms with van der Waals surface area (Å²) in [4.78, 5) is 38.3. The molecule has 2 amide bonds. The number of hydrogen-bond acceptors (Lipinski definition) is 3. The first-order chi connectivity index (χ1) is 11.9. The Morgan fingerprint density at radius 1 is 1.16 bits per heavy atom. The summed E-state index contributed by atoms with van der Waals surface area (Å²) < 4.78 is 0. The van der Waals surface area contributed by atoms with Crippen LogP contribution in [0.25, 0.3) is 0 Å². The Labute approximate surface area is 147 Å². The van der Waals surface area contributed by atoms with Crippen LogP contribution in [0.5, 0.6) is 0 Å². The molecule has 6 heteroatoms. The van der Waals surface area contributed by atoms with E-state index in [-0.39, 0.29) is 18.4 Å². The van der Waals surface area contributed by atoms with Crippen LogP contribution in [-0.2, 0) is 9.59 Å². The molecule has 1 aliphatic carbocycles. The first-order valence-electron chi connectivity index (χ1n) is 8.72. The molecule has 25 heavy (non-hydrogen) atoms. The molecule has 1 atom stereocenters. The van der Waals surface area contributed by atoms with E-state index in [1.807, 2.05) is 25.1 Å². The number of piperidine rings is 1. The third-order valence-electron chi connectivity index (χ3n) is 5.45. The summed E-state index contributed by atoms with van der Waals surface area (Å²) in [6.07, 6.45) is 2.67. The number of carboxylic acid groups (broad SMARTS) is 1. The Bertz CT molecular complexity index is 684. The molecule has 2 N–H and O–H groups in total. The lowest BCUT2D eigenvalue weighted by Crippen LogP contribution is -2.52. The smallest absolute Gasteiger partial charge is 0.311 e. The summed E-state index contributed by atoms with van der Waals surface area (Å²) in [7, 11) is 0. The molecular formula is C19H24N2O4. The van der Waals surface area contributed by atoms with Gasteiger partial charge in [-0.1, -0.05) is 18.2 Å². The molecule has 1 saturated heterocycles. The van der Waals surface area contributed by atoms with Crippen LogP contribution in [0.2, 0.25) is 0 Å². The van der Waals surface area contributed by atoms with Crippen LogP contribution in [-0.4, -0.2) is 47.4 Å². The zero-order chi connectivity index (χ0) is 18.1. The number of amides is 2. The van der Waals surface area contributed by atoms with Crippen molar-refractivity contribution in [2.45, 2.75) is 32.6 Å². The maximum absolute atomic E-state index is 12.7. The molecule has 2 fully saturated rings. The Hall–Kier alpha value is -2.37. The van der Waals surface area contributed by atoms with Gasteiger partial charge in [-0.05, 0) is 44.7 Å². The molecule has 3 rings (SSSR count). The fraction of sp³-hybridized carbons (Fsp3) is 0.526. The molecule has 134 valence electrons. The van der Waals surface area contributed by atoms with Crippen LogP contribution in [0.3, 0.4) is 0 Å². The van der Waals surface area contributed by atoms with Crippen LogP contribution >= 0.6 is 0 Å². The summed E-state index contributed by atoms with van der Waals surface area (Å²) >= 11 is 0. The molecule has 2 aliphatic rings. The molecule has 0 aromatic heterocycles. The molecule has 1 unspecified atom stereocenters. The number of likely N-dealkylation sites (tertiary alicyclic amines) is 1. The third-order valence-corrected chi connectivity index (χ3v) is 5.45. The topological polar surface area (TPSA) is 86.7 Å². The number of rotatable bonds is 5. The normalized spacial score (nSPS) is 24.4. The highest BCUT2D eigenvalue weighted by molar-refractivity contribution is 5.95. The second-order valence-electron chi connectivity index (χ2n) is 7.53. The zero-order valence-corrected chi connectivity index (χ0v) is 14.5.